The Morgan fingerprint density at radius 1 is 1.24 bits per heavy atom. The number of nitrogens with zero attached hydrogens (tertiary/aromatic N) is 1. The monoisotopic (exact) mass is 283 g/mol. The summed E-state index contributed by atoms with van der Waals surface area (Å²) in [6.07, 6.45) is 1.69. The number of hydrogen-bond donors (Lipinski definition) is 2. The van der Waals surface area contributed by atoms with E-state index in [1.165, 1.54) is 0 Å². The van der Waals surface area contributed by atoms with Gasteiger partial charge in [0.1, 0.15) is 0 Å². The normalized spacial score (nSPS) is 12.0. The molecule has 1 aromatic carbocycles. The second-order valence-electron chi connectivity index (χ2n) is 4.96. The van der Waals surface area contributed by atoms with Crippen LogP contribution in [0.1, 0.15) is 41.5 Å². The van der Waals surface area contributed by atoms with Crippen molar-refractivity contribution in [3.63, 3.8) is 0 Å². The topological polar surface area (TPSA) is 54.0 Å². The van der Waals surface area contributed by atoms with Crippen molar-refractivity contribution < 1.29 is 4.79 Å². The lowest BCUT2D eigenvalue weighted by Crippen LogP contribution is -2.21. The molecule has 0 spiro atoms. The molecule has 2 N–H and O–H groups in total. The zero-order valence-corrected chi connectivity index (χ0v) is 12.7. The number of pyridine rings is 1. The van der Waals surface area contributed by atoms with Gasteiger partial charge < -0.3 is 10.6 Å². The third-order valence-electron chi connectivity index (χ3n) is 3.44. The molecule has 0 saturated heterocycles. The first-order valence-corrected chi connectivity index (χ1v) is 7.18. The predicted molar refractivity (Wildman–Crippen MR) is 85.5 cm³/mol. The van der Waals surface area contributed by atoms with Crippen molar-refractivity contribution in [1.29, 1.82) is 0 Å². The zero-order chi connectivity index (χ0) is 15.2. The van der Waals surface area contributed by atoms with E-state index in [-0.39, 0.29) is 11.9 Å². The minimum absolute atomic E-state index is 0.128. The van der Waals surface area contributed by atoms with Crippen molar-refractivity contribution in [3.05, 3.63) is 59.4 Å². The Morgan fingerprint density at radius 3 is 2.71 bits per heavy atom. The number of para-hydroxylation sites is 1. The third kappa shape index (κ3) is 3.67. The smallest absolute Gasteiger partial charge is 0.257 e. The van der Waals surface area contributed by atoms with Gasteiger partial charge in [-0.2, -0.15) is 0 Å². The lowest BCUT2D eigenvalue weighted by Gasteiger charge is -2.18. The summed E-state index contributed by atoms with van der Waals surface area (Å²) in [5.74, 6) is -0.128. The van der Waals surface area contributed by atoms with E-state index in [0.29, 0.717) is 5.56 Å². The summed E-state index contributed by atoms with van der Waals surface area (Å²) < 4.78 is 0. The van der Waals surface area contributed by atoms with Crippen LogP contribution in [0, 0.1) is 6.92 Å². The number of hydrogen-bond acceptors (Lipinski definition) is 3. The fraction of sp³-hybridized carbons (Fsp3) is 0.294. The number of aryl methyl sites for hydroxylation is 1. The highest BCUT2D eigenvalue weighted by atomic mass is 16.1. The molecule has 21 heavy (non-hydrogen) atoms. The van der Waals surface area contributed by atoms with Gasteiger partial charge in [-0.25, -0.2) is 0 Å². The Morgan fingerprint density at radius 2 is 2.00 bits per heavy atom. The molecule has 1 atom stereocenters. The highest BCUT2D eigenvalue weighted by molar-refractivity contribution is 6.05. The number of nitrogens with one attached hydrogen (secondary N) is 2. The molecule has 4 nitrogen and oxygen atoms in total. The van der Waals surface area contributed by atoms with E-state index in [2.05, 4.69) is 29.5 Å². The highest BCUT2D eigenvalue weighted by Crippen LogP contribution is 2.23. The Balaban J connectivity index is 2.24. The molecular formula is C17H21N3O. The minimum Gasteiger partial charge on any atom is -0.322 e. The lowest BCUT2D eigenvalue weighted by molar-refractivity contribution is 0.102. The Kier molecular flexibility index (Phi) is 5.06. The molecule has 0 aliphatic carbocycles. The van der Waals surface area contributed by atoms with Gasteiger partial charge in [-0.1, -0.05) is 25.1 Å². The molecule has 0 aliphatic rings. The fourth-order valence-electron chi connectivity index (χ4n) is 2.32. The number of rotatable bonds is 5. The molecule has 0 saturated carbocycles. The van der Waals surface area contributed by atoms with Crippen LogP contribution in [-0.4, -0.2) is 17.4 Å². The van der Waals surface area contributed by atoms with Crippen molar-refractivity contribution in [3.8, 4) is 0 Å². The molecule has 110 valence electrons. The molecule has 1 unspecified atom stereocenters. The van der Waals surface area contributed by atoms with Crippen molar-refractivity contribution >= 4 is 11.6 Å². The molecule has 1 amide bonds. The molecule has 0 fully saturated rings. The van der Waals surface area contributed by atoms with Crippen LogP contribution in [0.4, 0.5) is 5.69 Å². The van der Waals surface area contributed by atoms with Gasteiger partial charge in [-0.05, 0) is 44.2 Å². The molecule has 1 aromatic heterocycles. The van der Waals surface area contributed by atoms with E-state index in [9.17, 15) is 4.79 Å². The molecule has 0 bridgehead atoms. The molecule has 2 rings (SSSR count). The van der Waals surface area contributed by atoms with Gasteiger partial charge in [0, 0.05) is 23.6 Å². The SMILES string of the molecule is CCNC(C)c1ccccc1NC(=O)c1cccnc1C. The number of carbonyl (C=O) groups excluding carboxylic acids is 1. The van der Waals surface area contributed by atoms with E-state index in [4.69, 9.17) is 0 Å². The standard InChI is InChI=1S/C17H21N3O/c1-4-18-12(2)14-8-5-6-10-16(14)20-17(21)15-9-7-11-19-13(15)3/h5-12,18H,4H2,1-3H3,(H,20,21). The van der Waals surface area contributed by atoms with Crippen molar-refractivity contribution in [2.75, 3.05) is 11.9 Å². The van der Waals surface area contributed by atoms with Gasteiger partial charge in [0.15, 0.2) is 0 Å². The van der Waals surface area contributed by atoms with Crippen LogP contribution in [-0.2, 0) is 0 Å². The molecule has 4 heteroatoms. The maximum atomic E-state index is 12.4. The van der Waals surface area contributed by atoms with Gasteiger partial charge in [-0.15, -0.1) is 0 Å². The maximum absolute atomic E-state index is 12.4. The van der Waals surface area contributed by atoms with Gasteiger partial charge >= 0.3 is 0 Å². The fourth-order valence-corrected chi connectivity index (χ4v) is 2.32. The van der Waals surface area contributed by atoms with E-state index in [1.54, 1.807) is 18.3 Å². The van der Waals surface area contributed by atoms with E-state index in [0.717, 1.165) is 23.5 Å². The summed E-state index contributed by atoms with van der Waals surface area (Å²) in [5, 5.41) is 6.35. The maximum Gasteiger partial charge on any atom is 0.257 e. The van der Waals surface area contributed by atoms with Crippen LogP contribution in [0.15, 0.2) is 42.6 Å². The Bertz CT molecular complexity index is 625. The van der Waals surface area contributed by atoms with Crippen molar-refractivity contribution in [1.82, 2.24) is 10.3 Å². The van der Waals surface area contributed by atoms with Crippen molar-refractivity contribution in [2.24, 2.45) is 0 Å². The van der Waals surface area contributed by atoms with Crippen LogP contribution in [0.3, 0.4) is 0 Å². The van der Waals surface area contributed by atoms with Crippen LogP contribution < -0.4 is 10.6 Å². The summed E-state index contributed by atoms with van der Waals surface area (Å²) in [6, 6.07) is 11.6. The zero-order valence-electron chi connectivity index (χ0n) is 12.7. The minimum atomic E-state index is -0.128. The van der Waals surface area contributed by atoms with Gasteiger partial charge in [0.2, 0.25) is 0 Å². The van der Waals surface area contributed by atoms with Crippen LogP contribution in [0.2, 0.25) is 0 Å². The van der Waals surface area contributed by atoms with E-state index >= 15 is 0 Å². The largest absolute Gasteiger partial charge is 0.322 e. The predicted octanol–water partition coefficient (Wildman–Crippen LogP) is 3.31. The lowest BCUT2D eigenvalue weighted by atomic mass is 10.1. The first-order chi connectivity index (χ1) is 10.1. The first-order valence-electron chi connectivity index (χ1n) is 7.18. The Labute approximate surface area is 125 Å². The molecule has 1 heterocycles. The number of benzene rings is 1. The van der Waals surface area contributed by atoms with Crippen LogP contribution in [0.5, 0.6) is 0 Å². The van der Waals surface area contributed by atoms with Crippen molar-refractivity contribution in [2.45, 2.75) is 26.8 Å². The number of carbonyl (C=O) groups is 1. The van der Waals surface area contributed by atoms with Gasteiger partial charge in [0.05, 0.1) is 5.56 Å². The summed E-state index contributed by atoms with van der Waals surface area (Å²) in [7, 11) is 0. The number of aromatic nitrogens is 1. The summed E-state index contributed by atoms with van der Waals surface area (Å²) in [4.78, 5) is 16.6. The average Bonchev–Trinajstić information content (AvgIpc) is 2.48. The molecular weight excluding hydrogens is 262 g/mol. The highest BCUT2D eigenvalue weighted by Gasteiger charge is 2.14. The molecule has 0 aliphatic heterocycles. The number of amides is 1. The van der Waals surface area contributed by atoms with Crippen LogP contribution >= 0.6 is 0 Å². The first kappa shape index (κ1) is 15.2. The van der Waals surface area contributed by atoms with E-state index in [1.807, 2.05) is 31.2 Å². The summed E-state index contributed by atoms with van der Waals surface area (Å²) in [5.41, 5.74) is 3.24. The average molecular weight is 283 g/mol. The van der Waals surface area contributed by atoms with E-state index < -0.39 is 0 Å². The number of anilines is 1. The van der Waals surface area contributed by atoms with Crippen LogP contribution in [0.25, 0.3) is 0 Å². The van der Waals surface area contributed by atoms with Gasteiger partial charge in [-0.3, -0.25) is 9.78 Å². The second kappa shape index (κ2) is 6.99. The third-order valence-corrected chi connectivity index (χ3v) is 3.44. The summed E-state index contributed by atoms with van der Waals surface area (Å²) >= 11 is 0. The summed E-state index contributed by atoms with van der Waals surface area (Å²) in [6.45, 7) is 6.87. The molecule has 0 radical (unpaired) electrons. The molecule has 2 aromatic rings. The second-order valence-corrected chi connectivity index (χ2v) is 4.96. The quantitative estimate of drug-likeness (QED) is 0.885. The van der Waals surface area contributed by atoms with Gasteiger partial charge in [0.25, 0.3) is 5.91 Å². The Hall–Kier alpha value is -2.20.